The third kappa shape index (κ3) is 3.64. The lowest BCUT2D eigenvalue weighted by atomic mass is 9.86. The summed E-state index contributed by atoms with van der Waals surface area (Å²) < 4.78 is 38.3. The van der Waals surface area contributed by atoms with Crippen LogP contribution in [0.15, 0.2) is 24.3 Å². The highest BCUT2D eigenvalue weighted by Crippen LogP contribution is 2.31. The number of alkyl halides is 3. The van der Waals surface area contributed by atoms with E-state index in [0.717, 1.165) is 12.1 Å². The van der Waals surface area contributed by atoms with Crippen molar-refractivity contribution < 1.29 is 18.0 Å². The molecular formula is C16H22F3NO. The Morgan fingerprint density at radius 2 is 1.71 bits per heavy atom. The van der Waals surface area contributed by atoms with Crippen LogP contribution in [0, 0.1) is 0 Å². The van der Waals surface area contributed by atoms with E-state index in [2.05, 4.69) is 0 Å². The monoisotopic (exact) mass is 301 g/mol. The number of carbonyl (C=O) groups is 1. The molecule has 0 bridgehead atoms. The number of nitrogens with zero attached hydrogens (tertiary/aromatic N) is 1. The van der Waals surface area contributed by atoms with Crippen molar-refractivity contribution in [2.75, 3.05) is 13.1 Å². The van der Waals surface area contributed by atoms with Gasteiger partial charge in [-0.05, 0) is 38.6 Å². The van der Waals surface area contributed by atoms with Crippen LogP contribution in [-0.2, 0) is 6.18 Å². The zero-order valence-electron chi connectivity index (χ0n) is 12.9. The molecule has 118 valence electrons. The Morgan fingerprint density at radius 3 is 2.14 bits per heavy atom. The van der Waals surface area contributed by atoms with Crippen molar-refractivity contribution in [3.8, 4) is 0 Å². The van der Waals surface area contributed by atoms with Crippen molar-refractivity contribution in [2.45, 2.75) is 45.8 Å². The Hall–Kier alpha value is -1.36. The van der Waals surface area contributed by atoms with Gasteiger partial charge >= 0.3 is 6.18 Å². The molecule has 1 rings (SSSR count). The summed E-state index contributed by atoms with van der Waals surface area (Å²) >= 11 is 0. The van der Waals surface area contributed by atoms with E-state index >= 15 is 0 Å². The number of benzene rings is 1. The number of rotatable bonds is 6. The van der Waals surface area contributed by atoms with Gasteiger partial charge < -0.3 is 0 Å². The van der Waals surface area contributed by atoms with Crippen molar-refractivity contribution in [1.82, 2.24) is 4.90 Å². The van der Waals surface area contributed by atoms with Crippen LogP contribution in [0.4, 0.5) is 13.2 Å². The molecule has 0 heterocycles. The Morgan fingerprint density at radius 1 is 1.14 bits per heavy atom. The molecule has 5 heteroatoms. The number of ketones is 1. The Bertz CT molecular complexity index is 495. The highest BCUT2D eigenvalue weighted by Gasteiger charge is 2.38. The third-order valence-corrected chi connectivity index (χ3v) is 4.09. The zero-order chi connectivity index (χ0) is 16.3. The van der Waals surface area contributed by atoms with Gasteiger partial charge in [-0.3, -0.25) is 9.69 Å². The van der Waals surface area contributed by atoms with Crippen molar-refractivity contribution in [3.63, 3.8) is 0 Å². The maximum atomic E-state index is 12.8. The van der Waals surface area contributed by atoms with Crippen molar-refractivity contribution in [3.05, 3.63) is 35.4 Å². The lowest BCUT2D eigenvalue weighted by Gasteiger charge is -2.38. The molecule has 0 fully saturated rings. The maximum absolute atomic E-state index is 12.8. The van der Waals surface area contributed by atoms with Gasteiger partial charge in [-0.25, -0.2) is 0 Å². The third-order valence-electron chi connectivity index (χ3n) is 4.09. The number of hydrogen-bond acceptors (Lipinski definition) is 2. The van der Waals surface area contributed by atoms with Gasteiger partial charge in [0.05, 0.1) is 11.1 Å². The van der Waals surface area contributed by atoms with Gasteiger partial charge in [-0.1, -0.05) is 32.9 Å². The first-order valence-electron chi connectivity index (χ1n) is 7.17. The van der Waals surface area contributed by atoms with Gasteiger partial charge in [0.15, 0.2) is 5.78 Å². The molecule has 0 amide bonds. The molecule has 1 aromatic rings. The molecule has 2 nitrogen and oxygen atoms in total. The molecule has 1 atom stereocenters. The van der Waals surface area contributed by atoms with Crippen molar-refractivity contribution >= 4 is 5.78 Å². The zero-order valence-corrected chi connectivity index (χ0v) is 12.9. The van der Waals surface area contributed by atoms with Gasteiger partial charge in [-0.2, -0.15) is 13.2 Å². The van der Waals surface area contributed by atoms with E-state index in [4.69, 9.17) is 0 Å². The average molecular weight is 301 g/mol. The predicted molar refractivity (Wildman–Crippen MR) is 77.4 cm³/mol. The average Bonchev–Trinajstić information content (AvgIpc) is 2.46. The van der Waals surface area contributed by atoms with Crippen LogP contribution in [0.2, 0.25) is 0 Å². The summed E-state index contributed by atoms with van der Waals surface area (Å²) in [5, 5.41) is 0. The van der Waals surface area contributed by atoms with Gasteiger partial charge in [0.1, 0.15) is 0 Å². The molecular weight excluding hydrogens is 279 g/mol. The van der Waals surface area contributed by atoms with Gasteiger partial charge in [-0.15, -0.1) is 0 Å². The quantitative estimate of drug-likeness (QED) is 0.726. The predicted octanol–water partition coefficient (Wildman–Crippen LogP) is 4.40. The van der Waals surface area contributed by atoms with Crippen LogP contribution in [0.25, 0.3) is 0 Å². The van der Waals surface area contributed by atoms with Gasteiger partial charge in [0.2, 0.25) is 0 Å². The SMILES string of the molecule is CCN(CC)C(C)(CC)C(=O)c1cccc(C(F)(F)F)c1. The minimum Gasteiger partial charge on any atom is -0.292 e. The van der Waals surface area contributed by atoms with Crippen LogP contribution in [0.1, 0.15) is 50.0 Å². The van der Waals surface area contributed by atoms with E-state index in [1.54, 1.807) is 6.92 Å². The van der Waals surface area contributed by atoms with Crippen LogP contribution >= 0.6 is 0 Å². The highest BCUT2D eigenvalue weighted by molar-refractivity contribution is 6.03. The molecule has 0 spiro atoms. The van der Waals surface area contributed by atoms with Crippen molar-refractivity contribution in [2.24, 2.45) is 0 Å². The van der Waals surface area contributed by atoms with Crippen molar-refractivity contribution in [1.29, 1.82) is 0 Å². The maximum Gasteiger partial charge on any atom is 0.416 e. The fourth-order valence-corrected chi connectivity index (χ4v) is 2.60. The summed E-state index contributed by atoms with van der Waals surface area (Å²) in [4.78, 5) is 14.7. The van der Waals surface area contributed by atoms with E-state index in [0.29, 0.717) is 19.5 Å². The second-order valence-corrected chi connectivity index (χ2v) is 5.21. The van der Waals surface area contributed by atoms with Crippen LogP contribution < -0.4 is 0 Å². The summed E-state index contributed by atoms with van der Waals surface area (Å²) in [5.41, 5.74) is -1.46. The molecule has 0 N–H and O–H groups in total. The molecule has 0 saturated heterocycles. The van der Waals surface area contributed by atoms with E-state index in [1.807, 2.05) is 25.7 Å². The molecule has 21 heavy (non-hydrogen) atoms. The normalized spacial score (nSPS) is 15.0. The van der Waals surface area contributed by atoms with E-state index in [-0.39, 0.29) is 11.3 Å². The second kappa shape index (κ2) is 6.60. The topological polar surface area (TPSA) is 20.3 Å². The molecule has 0 aliphatic rings. The summed E-state index contributed by atoms with van der Waals surface area (Å²) in [5.74, 6) is -0.264. The lowest BCUT2D eigenvalue weighted by molar-refractivity contribution is -0.137. The first-order chi connectivity index (χ1) is 9.70. The first-order valence-corrected chi connectivity index (χ1v) is 7.17. The highest BCUT2D eigenvalue weighted by atomic mass is 19.4. The number of Topliss-reactive ketones (excluding diaryl/α,β-unsaturated/α-hetero) is 1. The Labute approximate surface area is 123 Å². The van der Waals surface area contributed by atoms with Gasteiger partial charge in [0.25, 0.3) is 0 Å². The van der Waals surface area contributed by atoms with E-state index in [1.165, 1.54) is 12.1 Å². The van der Waals surface area contributed by atoms with Gasteiger partial charge in [0, 0.05) is 5.56 Å². The lowest BCUT2D eigenvalue weighted by Crippen LogP contribution is -2.51. The molecule has 0 aromatic heterocycles. The summed E-state index contributed by atoms with van der Waals surface area (Å²) in [7, 11) is 0. The minimum absolute atomic E-state index is 0.112. The number of hydrogen-bond donors (Lipinski definition) is 0. The summed E-state index contributed by atoms with van der Waals surface area (Å²) in [6.45, 7) is 8.90. The van der Waals surface area contributed by atoms with Crippen LogP contribution in [-0.4, -0.2) is 29.3 Å². The molecule has 1 aromatic carbocycles. The van der Waals surface area contributed by atoms with E-state index < -0.39 is 17.3 Å². The standard InChI is InChI=1S/C16H22F3NO/c1-5-15(4,20(6-2)7-3)14(21)12-9-8-10-13(11-12)16(17,18)19/h8-11H,5-7H2,1-4H3. The van der Waals surface area contributed by atoms with Crippen LogP contribution in [0.5, 0.6) is 0 Å². The molecule has 0 aliphatic heterocycles. The smallest absolute Gasteiger partial charge is 0.292 e. The fourth-order valence-electron chi connectivity index (χ4n) is 2.60. The molecule has 0 saturated carbocycles. The minimum atomic E-state index is -4.44. The molecule has 0 radical (unpaired) electrons. The second-order valence-electron chi connectivity index (χ2n) is 5.21. The molecule has 1 unspecified atom stereocenters. The number of likely N-dealkylation sites (N-methyl/N-ethyl adjacent to an activating group) is 1. The summed E-state index contributed by atoms with van der Waals surface area (Å²) in [6.07, 6.45) is -3.89. The Balaban J connectivity index is 3.23. The first kappa shape index (κ1) is 17.7. The van der Waals surface area contributed by atoms with E-state index in [9.17, 15) is 18.0 Å². The molecule has 0 aliphatic carbocycles. The number of carbonyl (C=O) groups excluding carboxylic acids is 1. The summed E-state index contributed by atoms with van der Waals surface area (Å²) in [6, 6.07) is 4.67. The largest absolute Gasteiger partial charge is 0.416 e. The fraction of sp³-hybridized carbons (Fsp3) is 0.562. The number of halogens is 3. The Kier molecular flexibility index (Phi) is 5.56. The van der Waals surface area contributed by atoms with Crippen LogP contribution in [0.3, 0.4) is 0 Å².